The first-order valence-electron chi connectivity index (χ1n) is 7.06. The van der Waals surface area contributed by atoms with Crippen molar-refractivity contribution in [3.8, 4) is 0 Å². The second-order valence-electron chi connectivity index (χ2n) is 5.69. The van der Waals surface area contributed by atoms with Crippen LogP contribution in [0.15, 0.2) is 0 Å². The molecule has 1 rings (SSSR count). The van der Waals surface area contributed by atoms with Gasteiger partial charge in [-0.15, -0.1) is 0 Å². The molecule has 11 heteroatoms. The number of ketones is 2. The van der Waals surface area contributed by atoms with Crippen LogP contribution in [0.3, 0.4) is 0 Å². The molecule has 0 bridgehead atoms. The Morgan fingerprint density at radius 1 is 1.38 bits per heavy atom. The number of aliphatic hydroxyl groups excluding tert-OH is 1. The number of carbonyl (C=O) groups is 5. The molecular formula is C13H20N4O7. The highest BCUT2D eigenvalue weighted by Gasteiger charge is 2.48. The van der Waals surface area contributed by atoms with Gasteiger partial charge in [-0.25, -0.2) is 4.79 Å². The molecule has 0 aromatic carbocycles. The molecule has 1 aliphatic rings. The molecule has 2 amide bonds. The second kappa shape index (κ2) is 7.47. The minimum atomic E-state index is -2.09. The van der Waals surface area contributed by atoms with Gasteiger partial charge in [-0.2, -0.15) is 0 Å². The molecule has 1 aliphatic heterocycles. The summed E-state index contributed by atoms with van der Waals surface area (Å²) in [7, 11) is 0. The summed E-state index contributed by atoms with van der Waals surface area (Å²) in [5.74, 6) is -6.77. The van der Waals surface area contributed by atoms with E-state index in [2.05, 4.69) is 5.32 Å². The molecule has 0 aliphatic carbocycles. The lowest BCUT2D eigenvalue weighted by molar-refractivity contribution is -0.150. The molecule has 4 unspecified atom stereocenters. The minimum Gasteiger partial charge on any atom is -0.480 e. The van der Waals surface area contributed by atoms with Crippen molar-refractivity contribution >= 4 is 29.4 Å². The smallest absolute Gasteiger partial charge is 0.329 e. The number of aliphatic carboxylic acids is 1. The van der Waals surface area contributed by atoms with Gasteiger partial charge in [-0.05, 0) is 6.92 Å². The molecule has 24 heavy (non-hydrogen) atoms. The van der Waals surface area contributed by atoms with Crippen molar-refractivity contribution in [1.82, 2.24) is 10.6 Å². The zero-order valence-electron chi connectivity index (χ0n) is 12.9. The normalized spacial score (nSPS) is 24.0. The van der Waals surface area contributed by atoms with Gasteiger partial charge in [0.2, 0.25) is 11.8 Å². The molecule has 1 fully saturated rings. The first-order valence-corrected chi connectivity index (χ1v) is 7.06. The van der Waals surface area contributed by atoms with Gasteiger partial charge in [0.1, 0.15) is 17.6 Å². The number of hydrogen-bond donors (Lipinski definition) is 6. The lowest BCUT2D eigenvalue weighted by Gasteiger charge is -2.27. The molecule has 1 saturated heterocycles. The number of nitrogens with two attached hydrogens (primary N) is 2. The third kappa shape index (κ3) is 3.93. The molecule has 8 N–H and O–H groups in total. The van der Waals surface area contributed by atoms with E-state index in [9.17, 15) is 29.1 Å². The SMILES string of the molecule is CC(CC(=O)C1C(=O)NC(CN)C1=O)(NC(=O)C(N)CO)C(=O)O. The molecule has 0 radical (unpaired) electrons. The Balaban J connectivity index is 2.94. The van der Waals surface area contributed by atoms with Crippen molar-refractivity contribution in [2.45, 2.75) is 31.0 Å². The predicted octanol–water partition coefficient (Wildman–Crippen LogP) is -4.13. The molecule has 0 saturated carbocycles. The van der Waals surface area contributed by atoms with Crippen LogP contribution in [0.5, 0.6) is 0 Å². The van der Waals surface area contributed by atoms with Crippen LogP contribution in [0.25, 0.3) is 0 Å². The zero-order valence-corrected chi connectivity index (χ0v) is 12.9. The van der Waals surface area contributed by atoms with E-state index >= 15 is 0 Å². The average Bonchev–Trinajstić information content (AvgIpc) is 2.79. The van der Waals surface area contributed by atoms with Gasteiger partial charge in [0.15, 0.2) is 17.5 Å². The largest absolute Gasteiger partial charge is 0.480 e. The summed E-state index contributed by atoms with van der Waals surface area (Å²) in [4.78, 5) is 59.0. The molecule has 11 nitrogen and oxygen atoms in total. The Labute approximate surface area is 136 Å². The molecule has 0 aromatic rings. The Morgan fingerprint density at radius 2 is 1.96 bits per heavy atom. The Bertz CT molecular complexity index is 579. The van der Waals surface area contributed by atoms with Gasteiger partial charge < -0.3 is 32.3 Å². The summed E-state index contributed by atoms with van der Waals surface area (Å²) in [5.41, 5.74) is 8.49. The van der Waals surface area contributed by atoms with E-state index in [1.807, 2.05) is 5.32 Å². The van der Waals surface area contributed by atoms with E-state index in [4.69, 9.17) is 16.6 Å². The number of nitrogens with one attached hydrogen (secondary N) is 2. The van der Waals surface area contributed by atoms with E-state index in [1.165, 1.54) is 0 Å². The van der Waals surface area contributed by atoms with Crippen LogP contribution in [0.2, 0.25) is 0 Å². The maximum atomic E-state index is 12.3. The number of carboxylic acid groups (broad SMARTS) is 1. The average molecular weight is 344 g/mol. The maximum absolute atomic E-state index is 12.3. The van der Waals surface area contributed by atoms with Crippen LogP contribution < -0.4 is 22.1 Å². The summed E-state index contributed by atoms with van der Waals surface area (Å²) in [6.45, 7) is 0.122. The third-order valence-corrected chi connectivity index (χ3v) is 3.70. The fourth-order valence-electron chi connectivity index (χ4n) is 2.21. The third-order valence-electron chi connectivity index (χ3n) is 3.70. The predicted molar refractivity (Wildman–Crippen MR) is 78.4 cm³/mol. The number of amides is 2. The molecule has 0 spiro atoms. The Kier molecular flexibility index (Phi) is 6.12. The van der Waals surface area contributed by atoms with Crippen molar-refractivity contribution < 1.29 is 34.2 Å². The lowest BCUT2D eigenvalue weighted by Crippen LogP contribution is -2.58. The molecule has 0 aromatic heterocycles. The Hall–Kier alpha value is -2.37. The van der Waals surface area contributed by atoms with Gasteiger partial charge in [-0.3, -0.25) is 19.2 Å². The summed E-state index contributed by atoms with van der Waals surface area (Å²) in [6.07, 6.45) is -0.812. The number of carboxylic acids is 1. The van der Waals surface area contributed by atoms with E-state index in [-0.39, 0.29) is 6.54 Å². The number of hydrogen-bond acceptors (Lipinski definition) is 8. The summed E-state index contributed by atoms with van der Waals surface area (Å²) < 4.78 is 0. The number of rotatable bonds is 8. The van der Waals surface area contributed by atoms with Crippen LogP contribution in [0.1, 0.15) is 13.3 Å². The van der Waals surface area contributed by atoms with E-state index in [0.717, 1.165) is 6.92 Å². The van der Waals surface area contributed by atoms with Gasteiger partial charge in [-0.1, -0.05) is 0 Å². The molecular weight excluding hydrogens is 324 g/mol. The highest BCUT2D eigenvalue weighted by Crippen LogP contribution is 2.20. The highest BCUT2D eigenvalue weighted by molar-refractivity contribution is 6.24. The summed E-state index contributed by atoms with van der Waals surface area (Å²) >= 11 is 0. The molecule has 134 valence electrons. The van der Waals surface area contributed by atoms with Crippen molar-refractivity contribution in [3.63, 3.8) is 0 Å². The topological polar surface area (TPSA) is 202 Å². The fraction of sp³-hybridized carbons (Fsp3) is 0.615. The van der Waals surface area contributed by atoms with Crippen LogP contribution in [-0.4, -0.2) is 70.3 Å². The number of aliphatic hydroxyl groups is 1. The Morgan fingerprint density at radius 3 is 2.38 bits per heavy atom. The van der Waals surface area contributed by atoms with Crippen molar-refractivity contribution in [2.24, 2.45) is 17.4 Å². The van der Waals surface area contributed by atoms with E-state index in [1.54, 1.807) is 0 Å². The molecule has 1 heterocycles. The second-order valence-corrected chi connectivity index (χ2v) is 5.69. The highest BCUT2D eigenvalue weighted by atomic mass is 16.4. The van der Waals surface area contributed by atoms with Gasteiger partial charge in [0, 0.05) is 13.0 Å². The van der Waals surface area contributed by atoms with Crippen molar-refractivity contribution in [1.29, 1.82) is 0 Å². The zero-order chi connectivity index (χ0) is 18.7. The summed E-state index contributed by atoms with van der Waals surface area (Å²) in [6, 6.07) is -2.38. The quantitative estimate of drug-likeness (QED) is 0.236. The first kappa shape index (κ1) is 19.7. The number of Topliss-reactive ketones (excluding diaryl/α,β-unsaturated/α-hetero) is 2. The van der Waals surface area contributed by atoms with Crippen molar-refractivity contribution in [3.05, 3.63) is 0 Å². The molecule has 4 atom stereocenters. The van der Waals surface area contributed by atoms with Gasteiger partial charge >= 0.3 is 5.97 Å². The first-order chi connectivity index (χ1) is 11.1. The van der Waals surface area contributed by atoms with Gasteiger partial charge in [0.25, 0.3) is 0 Å². The summed E-state index contributed by atoms with van der Waals surface area (Å²) in [5, 5.41) is 22.4. The lowest BCUT2D eigenvalue weighted by atomic mass is 9.87. The van der Waals surface area contributed by atoms with E-state index < -0.39 is 65.9 Å². The maximum Gasteiger partial charge on any atom is 0.329 e. The van der Waals surface area contributed by atoms with Crippen LogP contribution in [0, 0.1) is 5.92 Å². The fourth-order valence-corrected chi connectivity index (χ4v) is 2.21. The number of carbonyl (C=O) groups excluding carboxylic acids is 4. The van der Waals surface area contributed by atoms with Crippen molar-refractivity contribution in [2.75, 3.05) is 13.2 Å². The van der Waals surface area contributed by atoms with Crippen LogP contribution >= 0.6 is 0 Å². The van der Waals surface area contributed by atoms with Crippen LogP contribution in [0.4, 0.5) is 0 Å². The monoisotopic (exact) mass is 344 g/mol. The van der Waals surface area contributed by atoms with E-state index in [0.29, 0.717) is 0 Å². The minimum absolute atomic E-state index is 0.188. The standard InChI is InChI=1S/C13H20N4O7/c1-13(12(23)24,17-10(21)5(15)4-18)2-7(19)8-9(20)6(3-14)16-11(8)22/h5-6,8,18H,2-4,14-15H2,1H3,(H,16,22)(H,17,21)(H,23,24). The van der Waals surface area contributed by atoms with Crippen LogP contribution in [-0.2, 0) is 24.0 Å². The van der Waals surface area contributed by atoms with Gasteiger partial charge in [0.05, 0.1) is 6.61 Å².